The van der Waals surface area contributed by atoms with Crippen LogP contribution in [0.2, 0.25) is 0 Å². The number of hydrogen-bond donors (Lipinski definition) is 1. The highest BCUT2D eigenvalue weighted by atomic mass is 16.5. The Kier molecular flexibility index (Phi) is 3.03. The van der Waals surface area contributed by atoms with Gasteiger partial charge in [-0.1, -0.05) is 6.07 Å². The number of ether oxygens (including phenoxy) is 1. The van der Waals surface area contributed by atoms with Gasteiger partial charge in [-0.3, -0.25) is 0 Å². The second-order valence-electron chi connectivity index (χ2n) is 4.45. The summed E-state index contributed by atoms with van der Waals surface area (Å²) in [7, 11) is 1.87. The van der Waals surface area contributed by atoms with Crippen LogP contribution in [-0.2, 0) is 11.8 Å². The number of nitrogens with zero attached hydrogens (tertiary/aromatic N) is 1. The standard InChI is InChI=1S/C14H18N2O2/c1-5-18-14(17)13-9(3)11-10(15)7-6-8(2)12(11)16(13)4/h6-7H,5,15H2,1-4H3. The van der Waals surface area contributed by atoms with E-state index in [9.17, 15) is 4.79 Å². The number of nitrogens with two attached hydrogens (primary N) is 1. The molecular weight excluding hydrogens is 228 g/mol. The summed E-state index contributed by atoms with van der Waals surface area (Å²) < 4.78 is 6.97. The number of esters is 1. The van der Waals surface area contributed by atoms with Gasteiger partial charge in [-0.15, -0.1) is 0 Å². The summed E-state index contributed by atoms with van der Waals surface area (Å²) in [6, 6.07) is 3.84. The van der Waals surface area contributed by atoms with Crippen molar-refractivity contribution in [3.05, 3.63) is 29.0 Å². The lowest BCUT2D eigenvalue weighted by molar-refractivity contribution is 0.0515. The van der Waals surface area contributed by atoms with Crippen LogP contribution in [0, 0.1) is 13.8 Å². The molecule has 2 rings (SSSR count). The first kappa shape index (κ1) is 12.5. The SMILES string of the molecule is CCOC(=O)c1c(C)c2c(N)ccc(C)c2n1C. The topological polar surface area (TPSA) is 57.2 Å². The van der Waals surface area contributed by atoms with Gasteiger partial charge >= 0.3 is 5.97 Å². The summed E-state index contributed by atoms with van der Waals surface area (Å²) in [5, 5.41) is 0.945. The molecule has 4 heteroatoms. The molecule has 18 heavy (non-hydrogen) atoms. The van der Waals surface area contributed by atoms with Crippen molar-refractivity contribution in [2.45, 2.75) is 20.8 Å². The van der Waals surface area contributed by atoms with Crippen LogP contribution in [0.4, 0.5) is 5.69 Å². The Hall–Kier alpha value is -1.97. The van der Waals surface area contributed by atoms with E-state index in [1.807, 2.05) is 37.6 Å². The van der Waals surface area contributed by atoms with Gasteiger partial charge in [-0.05, 0) is 38.0 Å². The van der Waals surface area contributed by atoms with Crippen LogP contribution in [0.3, 0.4) is 0 Å². The van der Waals surface area contributed by atoms with Crippen molar-refractivity contribution in [2.24, 2.45) is 7.05 Å². The number of hydrogen-bond acceptors (Lipinski definition) is 3. The van der Waals surface area contributed by atoms with Gasteiger partial charge in [0, 0.05) is 18.1 Å². The Morgan fingerprint density at radius 3 is 2.61 bits per heavy atom. The first-order chi connectivity index (χ1) is 8.49. The largest absolute Gasteiger partial charge is 0.461 e. The van der Waals surface area contributed by atoms with E-state index in [4.69, 9.17) is 10.5 Å². The number of nitrogen functional groups attached to an aromatic ring is 1. The van der Waals surface area contributed by atoms with Gasteiger partial charge in [0.25, 0.3) is 0 Å². The van der Waals surface area contributed by atoms with Crippen molar-refractivity contribution in [1.82, 2.24) is 4.57 Å². The van der Waals surface area contributed by atoms with Crippen LogP contribution in [-0.4, -0.2) is 17.1 Å². The smallest absolute Gasteiger partial charge is 0.355 e. The minimum atomic E-state index is -0.299. The van der Waals surface area contributed by atoms with Gasteiger partial charge in [-0.25, -0.2) is 4.79 Å². The highest BCUT2D eigenvalue weighted by Crippen LogP contribution is 2.32. The molecule has 2 aromatic rings. The Bertz CT molecular complexity index is 581. The van der Waals surface area contributed by atoms with E-state index >= 15 is 0 Å². The number of aromatic nitrogens is 1. The third-order valence-electron chi connectivity index (χ3n) is 3.28. The van der Waals surface area contributed by atoms with Crippen LogP contribution < -0.4 is 5.73 Å². The zero-order valence-electron chi connectivity index (χ0n) is 11.2. The van der Waals surface area contributed by atoms with Gasteiger partial charge < -0.3 is 15.0 Å². The molecule has 0 spiro atoms. The Balaban J connectivity index is 2.81. The lowest BCUT2D eigenvalue weighted by Crippen LogP contribution is -2.11. The maximum atomic E-state index is 12.0. The van der Waals surface area contributed by atoms with Gasteiger partial charge in [0.1, 0.15) is 5.69 Å². The quantitative estimate of drug-likeness (QED) is 0.654. The highest BCUT2D eigenvalue weighted by molar-refractivity contribution is 6.04. The van der Waals surface area contributed by atoms with Crippen LogP contribution in [0.5, 0.6) is 0 Å². The van der Waals surface area contributed by atoms with Crippen molar-refractivity contribution in [1.29, 1.82) is 0 Å². The van der Waals surface area contributed by atoms with E-state index in [2.05, 4.69) is 0 Å². The van der Waals surface area contributed by atoms with E-state index in [-0.39, 0.29) is 5.97 Å². The highest BCUT2D eigenvalue weighted by Gasteiger charge is 2.21. The molecule has 0 amide bonds. The second-order valence-corrected chi connectivity index (χ2v) is 4.45. The van der Waals surface area contributed by atoms with Crippen LogP contribution >= 0.6 is 0 Å². The van der Waals surface area contributed by atoms with E-state index in [1.54, 1.807) is 6.92 Å². The molecule has 96 valence electrons. The predicted octanol–water partition coefficient (Wildman–Crippen LogP) is 2.55. The summed E-state index contributed by atoms with van der Waals surface area (Å²) in [4.78, 5) is 12.0. The molecule has 0 saturated heterocycles. The molecule has 0 saturated carbocycles. The number of carbonyl (C=O) groups excluding carboxylic acids is 1. The summed E-state index contributed by atoms with van der Waals surface area (Å²) in [6.07, 6.45) is 0. The van der Waals surface area contributed by atoms with Crippen molar-refractivity contribution in [2.75, 3.05) is 12.3 Å². The fourth-order valence-corrected chi connectivity index (χ4v) is 2.51. The molecule has 1 heterocycles. The molecule has 0 fully saturated rings. The summed E-state index contributed by atoms with van der Waals surface area (Å²) >= 11 is 0. The van der Waals surface area contributed by atoms with Crippen molar-refractivity contribution in [3.8, 4) is 0 Å². The van der Waals surface area contributed by atoms with Gasteiger partial charge in [0.05, 0.1) is 12.1 Å². The van der Waals surface area contributed by atoms with Crippen molar-refractivity contribution < 1.29 is 9.53 Å². The molecule has 0 radical (unpaired) electrons. The minimum absolute atomic E-state index is 0.299. The van der Waals surface area contributed by atoms with Gasteiger partial charge in [0.2, 0.25) is 0 Å². The van der Waals surface area contributed by atoms with Gasteiger partial charge in [-0.2, -0.15) is 0 Å². The zero-order chi connectivity index (χ0) is 13.4. The van der Waals surface area contributed by atoms with E-state index in [0.29, 0.717) is 18.0 Å². The number of rotatable bonds is 2. The first-order valence-corrected chi connectivity index (χ1v) is 6.00. The molecule has 0 atom stereocenters. The van der Waals surface area contributed by atoms with Crippen LogP contribution in [0.25, 0.3) is 10.9 Å². The number of anilines is 1. The lowest BCUT2D eigenvalue weighted by Gasteiger charge is -2.05. The summed E-state index contributed by atoms with van der Waals surface area (Å²) in [5.74, 6) is -0.299. The molecular formula is C14H18N2O2. The summed E-state index contributed by atoms with van der Waals surface area (Å²) in [6.45, 7) is 6.09. The van der Waals surface area contributed by atoms with E-state index in [0.717, 1.165) is 22.0 Å². The van der Waals surface area contributed by atoms with Crippen LogP contribution in [0.1, 0.15) is 28.5 Å². The third kappa shape index (κ3) is 1.65. The second kappa shape index (κ2) is 4.37. The monoisotopic (exact) mass is 246 g/mol. The normalized spacial score (nSPS) is 10.9. The molecule has 0 aliphatic carbocycles. The van der Waals surface area contributed by atoms with Crippen molar-refractivity contribution >= 4 is 22.6 Å². The van der Waals surface area contributed by atoms with E-state index < -0.39 is 0 Å². The maximum Gasteiger partial charge on any atom is 0.355 e. The molecule has 0 unspecified atom stereocenters. The molecule has 4 nitrogen and oxygen atoms in total. The molecule has 0 bridgehead atoms. The summed E-state index contributed by atoms with van der Waals surface area (Å²) in [5.41, 5.74) is 10.3. The molecule has 0 aliphatic rings. The fraction of sp³-hybridized carbons (Fsp3) is 0.357. The third-order valence-corrected chi connectivity index (χ3v) is 3.28. The maximum absolute atomic E-state index is 12.0. The number of aryl methyl sites for hydroxylation is 3. The molecule has 2 N–H and O–H groups in total. The number of fused-ring (bicyclic) bond motifs is 1. The molecule has 1 aromatic carbocycles. The molecule has 0 aliphatic heterocycles. The average Bonchev–Trinajstić information content (AvgIpc) is 2.58. The van der Waals surface area contributed by atoms with Crippen LogP contribution in [0.15, 0.2) is 12.1 Å². The van der Waals surface area contributed by atoms with Crippen molar-refractivity contribution in [3.63, 3.8) is 0 Å². The van der Waals surface area contributed by atoms with Gasteiger partial charge in [0.15, 0.2) is 0 Å². The average molecular weight is 246 g/mol. The first-order valence-electron chi connectivity index (χ1n) is 6.00. The number of carbonyl (C=O) groups is 1. The van der Waals surface area contributed by atoms with E-state index in [1.165, 1.54) is 0 Å². The fourth-order valence-electron chi connectivity index (χ4n) is 2.51. The Morgan fingerprint density at radius 1 is 1.39 bits per heavy atom. The minimum Gasteiger partial charge on any atom is -0.461 e. The lowest BCUT2D eigenvalue weighted by atomic mass is 10.1. The number of benzene rings is 1. The Morgan fingerprint density at radius 2 is 2.06 bits per heavy atom. The molecule has 1 aromatic heterocycles. The predicted molar refractivity (Wildman–Crippen MR) is 72.8 cm³/mol. The zero-order valence-corrected chi connectivity index (χ0v) is 11.2. The Labute approximate surface area is 106 Å².